The predicted molar refractivity (Wildman–Crippen MR) is 55.0 cm³/mol. The highest BCUT2D eigenvalue weighted by Gasteiger charge is 2.49. The third-order valence-electron chi connectivity index (χ3n) is 4.00. The van der Waals surface area contributed by atoms with Crippen LogP contribution < -0.4 is 0 Å². The standard InChI is InChI=1S/C12H18O3/c1-2-9-4-3-6-12(7-5-9)8-10(13)15-11(12)14/h9H,2-8H2,1H3. The fourth-order valence-electron chi connectivity index (χ4n) is 2.86. The van der Waals surface area contributed by atoms with Crippen LogP contribution in [0, 0.1) is 11.3 Å². The van der Waals surface area contributed by atoms with Crippen LogP contribution in [0.3, 0.4) is 0 Å². The smallest absolute Gasteiger partial charge is 0.320 e. The Labute approximate surface area is 90.2 Å². The maximum absolute atomic E-state index is 11.7. The van der Waals surface area contributed by atoms with Crippen LogP contribution in [-0.4, -0.2) is 11.9 Å². The molecule has 15 heavy (non-hydrogen) atoms. The van der Waals surface area contributed by atoms with Crippen molar-refractivity contribution in [2.75, 3.05) is 0 Å². The Morgan fingerprint density at radius 1 is 1.33 bits per heavy atom. The van der Waals surface area contributed by atoms with E-state index in [1.165, 1.54) is 12.8 Å². The van der Waals surface area contributed by atoms with E-state index in [4.69, 9.17) is 4.74 Å². The Morgan fingerprint density at radius 3 is 2.73 bits per heavy atom. The van der Waals surface area contributed by atoms with Crippen molar-refractivity contribution < 1.29 is 14.3 Å². The molecule has 1 spiro atoms. The van der Waals surface area contributed by atoms with Crippen molar-refractivity contribution in [1.29, 1.82) is 0 Å². The molecular formula is C12H18O3. The minimum Gasteiger partial charge on any atom is -0.393 e. The molecule has 0 amide bonds. The second-order valence-corrected chi connectivity index (χ2v) is 4.92. The normalized spacial score (nSPS) is 36.7. The van der Waals surface area contributed by atoms with Gasteiger partial charge in [0, 0.05) is 0 Å². The fraction of sp³-hybridized carbons (Fsp3) is 0.833. The Kier molecular flexibility index (Phi) is 2.81. The molecule has 1 saturated carbocycles. The highest BCUT2D eigenvalue weighted by atomic mass is 16.6. The zero-order chi connectivity index (χ0) is 10.9. The molecule has 0 aromatic heterocycles. The van der Waals surface area contributed by atoms with Crippen LogP contribution in [0.4, 0.5) is 0 Å². The van der Waals surface area contributed by atoms with Gasteiger partial charge < -0.3 is 4.74 Å². The van der Waals surface area contributed by atoms with Crippen molar-refractivity contribution in [2.45, 2.75) is 51.9 Å². The lowest BCUT2D eigenvalue weighted by molar-refractivity contribution is -0.155. The maximum atomic E-state index is 11.7. The molecule has 84 valence electrons. The minimum absolute atomic E-state index is 0.260. The molecule has 2 aliphatic rings. The zero-order valence-electron chi connectivity index (χ0n) is 9.25. The topological polar surface area (TPSA) is 43.4 Å². The van der Waals surface area contributed by atoms with Crippen LogP contribution in [0.5, 0.6) is 0 Å². The number of esters is 2. The van der Waals surface area contributed by atoms with Crippen molar-refractivity contribution in [1.82, 2.24) is 0 Å². The first kappa shape index (κ1) is 10.7. The maximum Gasteiger partial charge on any atom is 0.320 e. The fourth-order valence-corrected chi connectivity index (χ4v) is 2.86. The Hall–Kier alpha value is -0.860. The number of carbonyl (C=O) groups is 2. The van der Waals surface area contributed by atoms with E-state index < -0.39 is 5.41 Å². The second kappa shape index (κ2) is 3.95. The van der Waals surface area contributed by atoms with E-state index in [0.29, 0.717) is 6.42 Å². The monoisotopic (exact) mass is 210 g/mol. The van der Waals surface area contributed by atoms with Crippen LogP contribution in [0.15, 0.2) is 0 Å². The van der Waals surface area contributed by atoms with Gasteiger partial charge in [0.25, 0.3) is 0 Å². The molecular weight excluding hydrogens is 192 g/mol. The first-order valence-electron chi connectivity index (χ1n) is 5.91. The summed E-state index contributed by atoms with van der Waals surface area (Å²) in [6.45, 7) is 2.20. The average molecular weight is 210 g/mol. The predicted octanol–water partition coefficient (Wildman–Crippen LogP) is 2.44. The molecule has 0 aromatic rings. The molecule has 3 nitrogen and oxygen atoms in total. The first-order chi connectivity index (χ1) is 7.16. The summed E-state index contributed by atoms with van der Waals surface area (Å²) >= 11 is 0. The van der Waals surface area contributed by atoms with E-state index in [-0.39, 0.29) is 11.9 Å². The van der Waals surface area contributed by atoms with Gasteiger partial charge >= 0.3 is 11.9 Å². The molecule has 1 saturated heterocycles. The molecule has 2 fully saturated rings. The molecule has 0 aromatic carbocycles. The van der Waals surface area contributed by atoms with Crippen molar-refractivity contribution in [3.63, 3.8) is 0 Å². The van der Waals surface area contributed by atoms with Crippen LogP contribution in [-0.2, 0) is 14.3 Å². The number of hydrogen-bond donors (Lipinski definition) is 0. The summed E-state index contributed by atoms with van der Waals surface area (Å²) in [6, 6.07) is 0. The molecule has 0 bridgehead atoms. The second-order valence-electron chi connectivity index (χ2n) is 4.92. The Morgan fingerprint density at radius 2 is 2.13 bits per heavy atom. The molecule has 0 N–H and O–H groups in total. The lowest BCUT2D eigenvalue weighted by atomic mass is 9.79. The van der Waals surface area contributed by atoms with Crippen molar-refractivity contribution in [3.8, 4) is 0 Å². The largest absolute Gasteiger partial charge is 0.393 e. The minimum atomic E-state index is -0.443. The summed E-state index contributed by atoms with van der Waals surface area (Å²) in [6.07, 6.45) is 6.50. The average Bonchev–Trinajstić information content (AvgIpc) is 2.39. The number of carbonyl (C=O) groups excluding carboxylic acids is 2. The SMILES string of the molecule is CCC1CCCC2(CC1)CC(=O)OC2=O. The van der Waals surface area contributed by atoms with E-state index in [1.807, 2.05) is 0 Å². The van der Waals surface area contributed by atoms with Crippen LogP contribution >= 0.6 is 0 Å². The van der Waals surface area contributed by atoms with Crippen LogP contribution in [0.1, 0.15) is 51.9 Å². The van der Waals surface area contributed by atoms with Gasteiger partial charge in [0.05, 0.1) is 11.8 Å². The summed E-state index contributed by atoms with van der Waals surface area (Å²) in [5.41, 5.74) is -0.443. The van der Waals surface area contributed by atoms with Crippen molar-refractivity contribution >= 4 is 11.9 Å². The van der Waals surface area contributed by atoms with Gasteiger partial charge in [-0.15, -0.1) is 0 Å². The third-order valence-corrected chi connectivity index (χ3v) is 4.00. The van der Waals surface area contributed by atoms with E-state index in [2.05, 4.69) is 6.92 Å². The molecule has 2 unspecified atom stereocenters. The number of cyclic esters (lactones) is 2. The van der Waals surface area contributed by atoms with Gasteiger partial charge in [0.15, 0.2) is 0 Å². The van der Waals surface area contributed by atoms with Crippen molar-refractivity contribution in [3.05, 3.63) is 0 Å². The van der Waals surface area contributed by atoms with Gasteiger partial charge in [-0.25, -0.2) is 0 Å². The highest BCUT2D eigenvalue weighted by molar-refractivity contribution is 5.97. The lowest BCUT2D eigenvalue weighted by Crippen LogP contribution is -2.25. The van der Waals surface area contributed by atoms with Gasteiger partial charge in [-0.2, -0.15) is 0 Å². The Balaban J connectivity index is 2.09. The van der Waals surface area contributed by atoms with Gasteiger partial charge in [-0.3, -0.25) is 9.59 Å². The first-order valence-corrected chi connectivity index (χ1v) is 5.91. The molecule has 3 heteroatoms. The molecule has 2 rings (SSSR count). The number of ether oxygens (including phenoxy) is 1. The summed E-state index contributed by atoms with van der Waals surface area (Å²) in [5.74, 6) is 0.145. The van der Waals surface area contributed by atoms with Gasteiger partial charge in [0.1, 0.15) is 0 Å². The highest BCUT2D eigenvalue weighted by Crippen LogP contribution is 2.44. The quantitative estimate of drug-likeness (QED) is 0.493. The number of rotatable bonds is 1. The zero-order valence-corrected chi connectivity index (χ0v) is 9.25. The summed E-state index contributed by atoms with van der Waals surface area (Å²) in [7, 11) is 0. The van der Waals surface area contributed by atoms with E-state index in [9.17, 15) is 9.59 Å². The molecule has 1 aliphatic carbocycles. The molecule has 1 heterocycles. The molecule has 2 atom stereocenters. The van der Waals surface area contributed by atoms with Gasteiger partial charge in [-0.05, 0) is 25.2 Å². The van der Waals surface area contributed by atoms with Gasteiger partial charge in [0.2, 0.25) is 0 Å². The summed E-state index contributed by atoms with van der Waals surface area (Å²) in [4.78, 5) is 22.8. The summed E-state index contributed by atoms with van der Waals surface area (Å²) < 4.78 is 4.70. The summed E-state index contributed by atoms with van der Waals surface area (Å²) in [5, 5.41) is 0. The molecule has 1 aliphatic heterocycles. The van der Waals surface area contributed by atoms with Gasteiger partial charge in [-0.1, -0.05) is 26.2 Å². The van der Waals surface area contributed by atoms with Crippen LogP contribution in [0.25, 0.3) is 0 Å². The van der Waals surface area contributed by atoms with E-state index >= 15 is 0 Å². The van der Waals surface area contributed by atoms with Crippen LogP contribution in [0.2, 0.25) is 0 Å². The molecule has 0 radical (unpaired) electrons. The van der Waals surface area contributed by atoms with E-state index in [1.54, 1.807) is 0 Å². The third kappa shape index (κ3) is 1.92. The van der Waals surface area contributed by atoms with Crippen molar-refractivity contribution in [2.24, 2.45) is 11.3 Å². The lowest BCUT2D eigenvalue weighted by Gasteiger charge is -2.20. The number of hydrogen-bond acceptors (Lipinski definition) is 3. The Bertz CT molecular complexity index is 285. The van der Waals surface area contributed by atoms with E-state index in [0.717, 1.165) is 31.6 Å².